The van der Waals surface area contributed by atoms with Gasteiger partial charge in [-0.1, -0.05) is 0 Å². The first-order valence-corrected chi connectivity index (χ1v) is 9.05. The molecule has 0 aliphatic carbocycles. The summed E-state index contributed by atoms with van der Waals surface area (Å²) < 4.78 is 3.89. The number of hydrogen-bond acceptors (Lipinski definition) is 6. The van der Waals surface area contributed by atoms with Crippen LogP contribution < -0.4 is 0 Å². The highest BCUT2D eigenvalue weighted by Gasteiger charge is 2.28. The van der Waals surface area contributed by atoms with Gasteiger partial charge in [0.15, 0.2) is 5.82 Å². The third kappa shape index (κ3) is 3.44. The number of carbonyl (C=O) groups is 1. The van der Waals surface area contributed by atoms with Crippen molar-refractivity contribution >= 4 is 5.91 Å². The van der Waals surface area contributed by atoms with E-state index in [1.54, 1.807) is 12.4 Å². The molecule has 4 rings (SSSR count). The fourth-order valence-corrected chi connectivity index (χ4v) is 3.52. The predicted molar refractivity (Wildman–Crippen MR) is 97.0 cm³/mol. The molecule has 140 valence electrons. The Morgan fingerprint density at radius 2 is 2.07 bits per heavy atom. The van der Waals surface area contributed by atoms with E-state index >= 15 is 0 Å². The summed E-state index contributed by atoms with van der Waals surface area (Å²) in [5.41, 5.74) is 1.30. The second-order valence-corrected chi connectivity index (χ2v) is 6.83. The summed E-state index contributed by atoms with van der Waals surface area (Å²) in [5, 5.41) is 13.0. The van der Waals surface area contributed by atoms with E-state index in [9.17, 15) is 4.79 Å². The fourth-order valence-electron chi connectivity index (χ4n) is 3.52. The number of amides is 1. The molecule has 1 fully saturated rings. The van der Waals surface area contributed by atoms with Crippen LogP contribution in [0.25, 0.3) is 0 Å². The van der Waals surface area contributed by atoms with Crippen LogP contribution in [0, 0.1) is 6.92 Å². The fraction of sp³-hybridized carbons (Fsp3) is 0.444. The molecule has 3 aromatic rings. The largest absolute Gasteiger partial charge is 0.338 e. The molecule has 3 aromatic heterocycles. The lowest BCUT2D eigenvalue weighted by Crippen LogP contribution is -2.38. The number of rotatable bonds is 4. The van der Waals surface area contributed by atoms with Gasteiger partial charge < -0.3 is 9.47 Å². The van der Waals surface area contributed by atoms with E-state index in [1.807, 2.05) is 35.8 Å². The van der Waals surface area contributed by atoms with E-state index in [-0.39, 0.29) is 5.91 Å². The van der Waals surface area contributed by atoms with Crippen LogP contribution in [0.1, 0.15) is 46.5 Å². The Balaban J connectivity index is 1.42. The molecule has 1 amide bonds. The standard InChI is InChI=1S/C18H22N8O/c1-13-15(10-19-12-20-13)18(27)25-8-4-14(5-9-25)17-23-22-16(24(17)2)11-26-7-3-6-21-26/h3,6-7,10,12,14H,4-5,8-9,11H2,1-2H3. The molecule has 0 saturated carbocycles. The molecule has 0 bridgehead atoms. The molecule has 0 aromatic carbocycles. The van der Waals surface area contributed by atoms with Gasteiger partial charge in [0.05, 0.1) is 11.3 Å². The van der Waals surface area contributed by atoms with Crippen LogP contribution in [0.3, 0.4) is 0 Å². The monoisotopic (exact) mass is 366 g/mol. The van der Waals surface area contributed by atoms with Gasteiger partial charge in [-0.15, -0.1) is 10.2 Å². The second-order valence-electron chi connectivity index (χ2n) is 6.83. The van der Waals surface area contributed by atoms with E-state index < -0.39 is 0 Å². The molecule has 9 nitrogen and oxygen atoms in total. The third-order valence-electron chi connectivity index (χ3n) is 5.15. The molecule has 0 radical (unpaired) electrons. The van der Waals surface area contributed by atoms with Crippen LogP contribution in [0.5, 0.6) is 0 Å². The van der Waals surface area contributed by atoms with Crippen LogP contribution in [0.2, 0.25) is 0 Å². The first-order chi connectivity index (χ1) is 13.1. The molecule has 0 N–H and O–H groups in total. The van der Waals surface area contributed by atoms with Gasteiger partial charge in [-0.25, -0.2) is 9.97 Å². The highest BCUT2D eigenvalue weighted by Crippen LogP contribution is 2.27. The van der Waals surface area contributed by atoms with Crippen LogP contribution in [-0.2, 0) is 13.6 Å². The summed E-state index contributed by atoms with van der Waals surface area (Å²) in [6.07, 6.45) is 8.46. The lowest BCUT2D eigenvalue weighted by molar-refractivity contribution is 0.0708. The van der Waals surface area contributed by atoms with Crippen LogP contribution >= 0.6 is 0 Å². The Hall–Kier alpha value is -3.10. The van der Waals surface area contributed by atoms with Gasteiger partial charge in [-0.2, -0.15) is 5.10 Å². The summed E-state index contributed by atoms with van der Waals surface area (Å²) in [6, 6.07) is 1.89. The quantitative estimate of drug-likeness (QED) is 0.688. The van der Waals surface area contributed by atoms with E-state index in [4.69, 9.17) is 0 Å². The van der Waals surface area contributed by atoms with Crippen molar-refractivity contribution in [2.24, 2.45) is 7.05 Å². The highest BCUT2D eigenvalue weighted by molar-refractivity contribution is 5.94. The molecule has 9 heteroatoms. The van der Waals surface area contributed by atoms with Crippen molar-refractivity contribution in [3.05, 3.63) is 53.9 Å². The lowest BCUT2D eigenvalue weighted by atomic mass is 9.95. The number of carbonyl (C=O) groups excluding carboxylic acids is 1. The number of aromatic nitrogens is 7. The van der Waals surface area contributed by atoms with Crippen LogP contribution in [0.4, 0.5) is 0 Å². The average molecular weight is 366 g/mol. The van der Waals surface area contributed by atoms with Gasteiger partial charge in [0, 0.05) is 44.6 Å². The van der Waals surface area contributed by atoms with Gasteiger partial charge in [0.2, 0.25) is 0 Å². The van der Waals surface area contributed by atoms with Gasteiger partial charge in [0.25, 0.3) is 5.91 Å². The summed E-state index contributed by atoms with van der Waals surface area (Å²) in [4.78, 5) is 22.7. The maximum Gasteiger partial charge on any atom is 0.257 e. The smallest absolute Gasteiger partial charge is 0.257 e. The number of aryl methyl sites for hydroxylation is 1. The molecule has 1 aliphatic rings. The molecule has 0 spiro atoms. The van der Waals surface area contributed by atoms with Gasteiger partial charge in [-0.3, -0.25) is 9.48 Å². The first-order valence-electron chi connectivity index (χ1n) is 9.05. The third-order valence-corrected chi connectivity index (χ3v) is 5.15. The zero-order valence-electron chi connectivity index (χ0n) is 15.5. The maximum atomic E-state index is 12.7. The van der Waals surface area contributed by atoms with Crippen molar-refractivity contribution in [1.29, 1.82) is 0 Å². The van der Waals surface area contributed by atoms with Gasteiger partial charge >= 0.3 is 0 Å². The van der Waals surface area contributed by atoms with Crippen molar-refractivity contribution in [2.45, 2.75) is 32.2 Å². The Bertz CT molecular complexity index is 925. The van der Waals surface area contributed by atoms with Crippen LogP contribution in [-0.4, -0.2) is 58.4 Å². The first kappa shape index (κ1) is 17.3. The summed E-state index contributed by atoms with van der Waals surface area (Å²) >= 11 is 0. The van der Waals surface area contributed by atoms with Gasteiger partial charge in [-0.05, 0) is 25.8 Å². The minimum atomic E-state index is 0.00360. The van der Waals surface area contributed by atoms with Gasteiger partial charge in [0.1, 0.15) is 18.7 Å². The van der Waals surface area contributed by atoms with E-state index in [0.29, 0.717) is 36.8 Å². The van der Waals surface area contributed by atoms with E-state index in [1.165, 1.54) is 6.33 Å². The van der Waals surface area contributed by atoms with Crippen molar-refractivity contribution in [3.63, 3.8) is 0 Å². The number of piperidine rings is 1. The summed E-state index contributed by atoms with van der Waals surface area (Å²) in [5.74, 6) is 2.16. The van der Waals surface area contributed by atoms with E-state index in [2.05, 4.69) is 29.8 Å². The summed E-state index contributed by atoms with van der Waals surface area (Å²) in [6.45, 7) is 3.82. The molecule has 1 saturated heterocycles. The molecule has 4 heterocycles. The minimum absolute atomic E-state index is 0.00360. The SMILES string of the molecule is Cc1ncncc1C(=O)N1CCC(c2nnc(Cn3cccn3)n2C)CC1. The number of nitrogens with zero attached hydrogens (tertiary/aromatic N) is 8. The second kappa shape index (κ2) is 7.26. The minimum Gasteiger partial charge on any atom is -0.338 e. The normalized spacial score (nSPS) is 15.3. The molecular formula is C18H22N8O. The van der Waals surface area contributed by atoms with Crippen molar-refractivity contribution < 1.29 is 4.79 Å². The molecule has 0 atom stereocenters. The Labute approximate surface area is 157 Å². The highest BCUT2D eigenvalue weighted by atomic mass is 16.2. The topological polar surface area (TPSA) is 94.6 Å². The zero-order valence-corrected chi connectivity index (χ0v) is 15.5. The Morgan fingerprint density at radius 1 is 1.26 bits per heavy atom. The predicted octanol–water partition coefficient (Wildman–Crippen LogP) is 1.18. The Kier molecular flexibility index (Phi) is 4.66. The molecule has 0 unspecified atom stereocenters. The molecule has 1 aliphatic heterocycles. The lowest BCUT2D eigenvalue weighted by Gasteiger charge is -2.31. The van der Waals surface area contributed by atoms with Crippen molar-refractivity contribution in [3.8, 4) is 0 Å². The van der Waals surface area contributed by atoms with Crippen LogP contribution in [0.15, 0.2) is 31.0 Å². The maximum absolute atomic E-state index is 12.7. The molecular weight excluding hydrogens is 344 g/mol. The number of hydrogen-bond donors (Lipinski definition) is 0. The van der Waals surface area contributed by atoms with E-state index in [0.717, 1.165) is 24.5 Å². The Morgan fingerprint density at radius 3 is 2.78 bits per heavy atom. The zero-order chi connectivity index (χ0) is 18.8. The molecule has 27 heavy (non-hydrogen) atoms. The average Bonchev–Trinajstić information content (AvgIpc) is 3.33. The summed E-state index contributed by atoms with van der Waals surface area (Å²) in [7, 11) is 2.00. The number of likely N-dealkylation sites (tertiary alicyclic amines) is 1. The van der Waals surface area contributed by atoms with Crippen molar-refractivity contribution in [1.82, 2.24) is 39.4 Å². The van der Waals surface area contributed by atoms with Crippen molar-refractivity contribution in [2.75, 3.05) is 13.1 Å².